The highest BCUT2D eigenvalue weighted by Crippen LogP contribution is 2.20. The monoisotopic (exact) mass is 324 g/mol. The minimum Gasteiger partial charge on any atom is -0.340 e. The number of amides is 1. The average molecular weight is 324 g/mol. The number of nitrogens with zero attached hydrogens (tertiary/aromatic N) is 3. The molecular weight excluding hydrogens is 300 g/mol. The molecule has 1 amide bonds. The summed E-state index contributed by atoms with van der Waals surface area (Å²) in [6.45, 7) is 7.72. The molecule has 5 nitrogen and oxygen atoms in total. The molecule has 1 saturated heterocycles. The van der Waals surface area contributed by atoms with Crippen molar-refractivity contribution in [2.45, 2.75) is 33.6 Å². The molecular formula is C19H24N4O. The molecule has 0 spiro atoms. The van der Waals surface area contributed by atoms with Crippen LogP contribution in [0, 0.1) is 19.8 Å². The predicted octanol–water partition coefficient (Wildman–Crippen LogP) is 3.71. The van der Waals surface area contributed by atoms with Crippen LogP contribution in [0.1, 0.15) is 41.6 Å². The lowest BCUT2D eigenvalue weighted by molar-refractivity contribution is 0.0691. The Morgan fingerprint density at radius 3 is 2.62 bits per heavy atom. The Balaban J connectivity index is 1.79. The third-order valence-corrected chi connectivity index (χ3v) is 4.42. The van der Waals surface area contributed by atoms with Gasteiger partial charge in [-0.15, -0.1) is 0 Å². The standard InChI is InChI=1S/C19H24N4O/c1-13-7-9-23(10-8-13)19(24)17-12-18(21-15(3)20-17)22-16-6-4-5-14(2)11-16/h4-6,11-13H,7-10H2,1-3H3,(H,20,21,22). The highest BCUT2D eigenvalue weighted by atomic mass is 16.2. The largest absolute Gasteiger partial charge is 0.340 e. The maximum atomic E-state index is 12.7. The SMILES string of the molecule is Cc1cccc(Nc2cc(C(=O)N3CCC(C)CC3)nc(C)n2)c1. The van der Waals surface area contributed by atoms with Gasteiger partial charge in [0.05, 0.1) is 0 Å². The van der Waals surface area contributed by atoms with Crippen LogP contribution in [-0.2, 0) is 0 Å². The number of likely N-dealkylation sites (tertiary alicyclic amines) is 1. The van der Waals surface area contributed by atoms with Gasteiger partial charge in [0, 0.05) is 24.8 Å². The van der Waals surface area contributed by atoms with Crippen LogP contribution in [0.15, 0.2) is 30.3 Å². The van der Waals surface area contributed by atoms with E-state index in [0.29, 0.717) is 23.3 Å². The lowest BCUT2D eigenvalue weighted by atomic mass is 9.99. The van der Waals surface area contributed by atoms with Crippen molar-refractivity contribution in [3.05, 3.63) is 47.4 Å². The fourth-order valence-electron chi connectivity index (χ4n) is 2.99. The summed E-state index contributed by atoms with van der Waals surface area (Å²) in [6.07, 6.45) is 2.12. The first-order valence-corrected chi connectivity index (χ1v) is 8.50. The molecule has 2 aromatic rings. The van der Waals surface area contributed by atoms with E-state index in [-0.39, 0.29) is 5.91 Å². The average Bonchev–Trinajstić information content (AvgIpc) is 2.54. The topological polar surface area (TPSA) is 58.1 Å². The van der Waals surface area contributed by atoms with E-state index in [1.807, 2.05) is 43.0 Å². The number of hydrogen-bond donors (Lipinski definition) is 1. The summed E-state index contributed by atoms with van der Waals surface area (Å²) < 4.78 is 0. The number of anilines is 2. The zero-order valence-corrected chi connectivity index (χ0v) is 14.5. The molecule has 1 aromatic heterocycles. The summed E-state index contributed by atoms with van der Waals surface area (Å²) >= 11 is 0. The number of aromatic nitrogens is 2. The van der Waals surface area contributed by atoms with Crippen LogP contribution in [0.3, 0.4) is 0 Å². The minimum atomic E-state index is -0.000285. The second-order valence-electron chi connectivity index (χ2n) is 6.65. The Hall–Kier alpha value is -2.43. The van der Waals surface area contributed by atoms with E-state index >= 15 is 0 Å². The molecule has 1 aromatic carbocycles. The summed E-state index contributed by atoms with van der Waals surface area (Å²) in [5, 5.41) is 3.27. The lowest BCUT2D eigenvalue weighted by Crippen LogP contribution is -2.38. The van der Waals surface area contributed by atoms with E-state index in [9.17, 15) is 4.79 Å². The Kier molecular flexibility index (Phi) is 4.79. The van der Waals surface area contributed by atoms with E-state index in [1.54, 1.807) is 6.07 Å². The molecule has 126 valence electrons. The number of carbonyl (C=O) groups excluding carboxylic acids is 1. The second kappa shape index (κ2) is 6.99. The van der Waals surface area contributed by atoms with Crippen LogP contribution >= 0.6 is 0 Å². The maximum Gasteiger partial charge on any atom is 0.272 e. The number of aryl methyl sites for hydroxylation is 2. The lowest BCUT2D eigenvalue weighted by Gasteiger charge is -2.30. The molecule has 1 fully saturated rings. The van der Waals surface area contributed by atoms with Gasteiger partial charge in [-0.3, -0.25) is 4.79 Å². The van der Waals surface area contributed by atoms with Gasteiger partial charge in [0.25, 0.3) is 5.91 Å². The summed E-state index contributed by atoms with van der Waals surface area (Å²) in [5.74, 6) is 1.95. The smallest absolute Gasteiger partial charge is 0.272 e. The summed E-state index contributed by atoms with van der Waals surface area (Å²) in [5.41, 5.74) is 2.59. The zero-order chi connectivity index (χ0) is 17.1. The Labute approximate surface area is 143 Å². The van der Waals surface area contributed by atoms with Crippen molar-refractivity contribution in [1.29, 1.82) is 0 Å². The summed E-state index contributed by atoms with van der Waals surface area (Å²) in [4.78, 5) is 23.4. The van der Waals surface area contributed by atoms with Gasteiger partial charge in [-0.2, -0.15) is 0 Å². The molecule has 0 saturated carbocycles. The Bertz CT molecular complexity index is 736. The number of hydrogen-bond acceptors (Lipinski definition) is 4. The minimum absolute atomic E-state index is 0.000285. The van der Waals surface area contributed by atoms with Crippen molar-refractivity contribution in [3.8, 4) is 0 Å². The van der Waals surface area contributed by atoms with Gasteiger partial charge in [0.2, 0.25) is 0 Å². The molecule has 0 bridgehead atoms. The molecule has 1 aliphatic heterocycles. The van der Waals surface area contributed by atoms with E-state index in [0.717, 1.165) is 31.6 Å². The first-order valence-electron chi connectivity index (χ1n) is 8.50. The van der Waals surface area contributed by atoms with Crippen LogP contribution in [0.4, 0.5) is 11.5 Å². The molecule has 0 aliphatic carbocycles. The third-order valence-electron chi connectivity index (χ3n) is 4.42. The van der Waals surface area contributed by atoms with Crippen molar-refractivity contribution in [1.82, 2.24) is 14.9 Å². The molecule has 0 unspecified atom stereocenters. The van der Waals surface area contributed by atoms with Gasteiger partial charge in [0.15, 0.2) is 0 Å². The van der Waals surface area contributed by atoms with Crippen molar-refractivity contribution >= 4 is 17.4 Å². The van der Waals surface area contributed by atoms with Gasteiger partial charge in [-0.25, -0.2) is 9.97 Å². The van der Waals surface area contributed by atoms with Gasteiger partial charge >= 0.3 is 0 Å². The van der Waals surface area contributed by atoms with Crippen molar-refractivity contribution in [2.75, 3.05) is 18.4 Å². The van der Waals surface area contributed by atoms with Crippen molar-refractivity contribution in [3.63, 3.8) is 0 Å². The molecule has 1 N–H and O–H groups in total. The summed E-state index contributed by atoms with van der Waals surface area (Å²) in [7, 11) is 0. The van der Waals surface area contributed by atoms with E-state index < -0.39 is 0 Å². The van der Waals surface area contributed by atoms with Crippen molar-refractivity contribution in [2.24, 2.45) is 5.92 Å². The molecule has 1 aliphatic rings. The van der Waals surface area contributed by atoms with Crippen LogP contribution in [0.5, 0.6) is 0 Å². The maximum absolute atomic E-state index is 12.7. The molecule has 2 heterocycles. The number of nitrogens with one attached hydrogen (secondary N) is 1. The van der Waals surface area contributed by atoms with Crippen LogP contribution < -0.4 is 5.32 Å². The quantitative estimate of drug-likeness (QED) is 0.935. The van der Waals surface area contributed by atoms with Crippen LogP contribution in [0.2, 0.25) is 0 Å². The predicted molar refractivity (Wildman–Crippen MR) is 95.5 cm³/mol. The van der Waals surface area contributed by atoms with Gasteiger partial charge < -0.3 is 10.2 Å². The first-order chi connectivity index (χ1) is 11.5. The van der Waals surface area contributed by atoms with E-state index in [4.69, 9.17) is 0 Å². The highest BCUT2D eigenvalue weighted by Gasteiger charge is 2.23. The zero-order valence-electron chi connectivity index (χ0n) is 14.5. The molecule has 24 heavy (non-hydrogen) atoms. The van der Waals surface area contributed by atoms with Crippen LogP contribution in [0.25, 0.3) is 0 Å². The van der Waals surface area contributed by atoms with Gasteiger partial charge in [0.1, 0.15) is 17.3 Å². The number of piperidine rings is 1. The normalized spacial score (nSPS) is 15.4. The Morgan fingerprint density at radius 1 is 1.17 bits per heavy atom. The van der Waals surface area contributed by atoms with Gasteiger partial charge in [-0.1, -0.05) is 19.1 Å². The number of rotatable bonds is 3. The van der Waals surface area contributed by atoms with Gasteiger partial charge in [-0.05, 0) is 50.3 Å². The molecule has 3 rings (SSSR count). The molecule has 5 heteroatoms. The number of benzene rings is 1. The fraction of sp³-hybridized carbons (Fsp3) is 0.421. The third kappa shape index (κ3) is 3.91. The highest BCUT2D eigenvalue weighted by molar-refractivity contribution is 5.93. The number of carbonyl (C=O) groups is 1. The van der Waals surface area contributed by atoms with E-state index in [2.05, 4.69) is 22.2 Å². The van der Waals surface area contributed by atoms with Crippen LogP contribution in [-0.4, -0.2) is 33.9 Å². The van der Waals surface area contributed by atoms with E-state index in [1.165, 1.54) is 5.56 Å². The first kappa shape index (κ1) is 16.4. The van der Waals surface area contributed by atoms with Crippen molar-refractivity contribution < 1.29 is 4.79 Å². The fourth-order valence-corrected chi connectivity index (χ4v) is 2.99. The molecule has 0 atom stereocenters. The molecule has 0 radical (unpaired) electrons. The summed E-state index contributed by atoms with van der Waals surface area (Å²) in [6, 6.07) is 9.81. The Morgan fingerprint density at radius 2 is 1.92 bits per heavy atom. The second-order valence-corrected chi connectivity index (χ2v) is 6.65.